The van der Waals surface area contributed by atoms with Crippen molar-refractivity contribution in [3.8, 4) is 0 Å². The number of hydrogen-bond acceptors (Lipinski definition) is 3. The SMILES string of the molecule is Cc1cccc(C(=O)OCC(=O)NCc2ccc(F)cc2Cl)c1. The molecule has 2 aromatic carbocycles. The molecule has 0 atom stereocenters. The summed E-state index contributed by atoms with van der Waals surface area (Å²) in [5.41, 5.74) is 1.89. The maximum atomic E-state index is 12.9. The molecule has 2 rings (SSSR count). The van der Waals surface area contributed by atoms with Gasteiger partial charge in [-0.2, -0.15) is 0 Å². The van der Waals surface area contributed by atoms with Gasteiger partial charge in [0.1, 0.15) is 5.82 Å². The van der Waals surface area contributed by atoms with Crippen molar-refractivity contribution in [2.24, 2.45) is 0 Å². The van der Waals surface area contributed by atoms with Crippen LogP contribution in [-0.2, 0) is 16.1 Å². The molecule has 4 nitrogen and oxygen atoms in total. The van der Waals surface area contributed by atoms with E-state index in [2.05, 4.69) is 5.32 Å². The predicted octanol–water partition coefficient (Wildman–Crippen LogP) is 3.26. The second-order valence-corrected chi connectivity index (χ2v) is 5.37. The summed E-state index contributed by atoms with van der Waals surface area (Å²) in [5, 5.41) is 2.78. The molecule has 0 aromatic heterocycles. The lowest BCUT2D eigenvalue weighted by atomic mass is 10.1. The lowest BCUT2D eigenvalue weighted by Gasteiger charge is -2.08. The van der Waals surface area contributed by atoms with Crippen molar-refractivity contribution in [2.45, 2.75) is 13.5 Å². The third-order valence-corrected chi connectivity index (χ3v) is 3.43. The molecule has 1 N–H and O–H groups in total. The number of esters is 1. The molecule has 0 saturated heterocycles. The number of halogens is 2. The average molecular weight is 336 g/mol. The summed E-state index contributed by atoms with van der Waals surface area (Å²) in [6.45, 7) is 1.58. The van der Waals surface area contributed by atoms with Crippen molar-refractivity contribution in [2.75, 3.05) is 6.61 Å². The Bertz CT molecular complexity index is 734. The predicted molar refractivity (Wildman–Crippen MR) is 84.7 cm³/mol. The first-order valence-electron chi connectivity index (χ1n) is 6.90. The van der Waals surface area contributed by atoms with Gasteiger partial charge < -0.3 is 10.1 Å². The number of carbonyl (C=O) groups excluding carboxylic acids is 2. The van der Waals surface area contributed by atoms with Gasteiger partial charge >= 0.3 is 5.97 Å². The van der Waals surface area contributed by atoms with Crippen LogP contribution in [-0.4, -0.2) is 18.5 Å². The number of rotatable bonds is 5. The van der Waals surface area contributed by atoms with E-state index in [0.717, 1.165) is 5.56 Å². The number of aryl methyl sites for hydroxylation is 1. The van der Waals surface area contributed by atoms with Gasteiger partial charge in [0.15, 0.2) is 6.61 Å². The van der Waals surface area contributed by atoms with Crippen molar-refractivity contribution < 1.29 is 18.7 Å². The number of amides is 1. The Morgan fingerprint density at radius 2 is 2.00 bits per heavy atom. The highest BCUT2D eigenvalue weighted by Gasteiger charge is 2.10. The van der Waals surface area contributed by atoms with E-state index in [1.165, 1.54) is 18.2 Å². The van der Waals surface area contributed by atoms with Crippen molar-refractivity contribution >= 4 is 23.5 Å². The summed E-state index contributed by atoms with van der Waals surface area (Å²) in [4.78, 5) is 23.5. The van der Waals surface area contributed by atoms with Crippen LogP contribution in [0.3, 0.4) is 0 Å². The fraction of sp³-hybridized carbons (Fsp3) is 0.176. The zero-order valence-corrected chi connectivity index (χ0v) is 13.2. The average Bonchev–Trinajstić information content (AvgIpc) is 2.51. The normalized spacial score (nSPS) is 10.2. The Morgan fingerprint density at radius 3 is 2.70 bits per heavy atom. The summed E-state index contributed by atoms with van der Waals surface area (Å²) in [5.74, 6) is -1.48. The van der Waals surface area contributed by atoms with E-state index in [1.54, 1.807) is 18.2 Å². The highest BCUT2D eigenvalue weighted by atomic mass is 35.5. The second kappa shape index (κ2) is 7.74. The second-order valence-electron chi connectivity index (χ2n) is 4.96. The van der Waals surface area contributed by atoms with Gasteiger partial charge in [-0.05, 0) is 36.8 Å². The quantitative estimate of drug-likeness (QED) is 0.853. The summed E-state index contributed by atoms with van der Waals surface area (Å²) >= 11 is 5.86. The van der Waals surface area contributed by atoms with Crippen molar-refractivity contribution in [1.29, 1.82) is 0 Å². The first-order valence-corrected chi connectivity index (χ1v) is 7.28. The summed E-state index contributed by atoms with van der Waals surface area (Å²) in [6.07, 6.45) is 0. The van der Waals surface area contributed by atoms with Crippen molar-refractivity contribution in [1.82, 2.24) is 5.32 Å². The van der Waals surface area contributed by atoms with Crippen LogP contribution in [0.4, 0.5) is 4.39 Å². The molecular formula is C17H15ClFNO3. The molecule has 0 aliphatic carbocycles. The van der Waals surface area contributed by atoms with Crippen molar-refractivity contribution in [3.63, 3.8) is 0 Å². The van der Waals surface area contributed by atoms with Crippen LogP contribution < -0.4 is 5.32 Å². The van der Waals surface area contributed by atoms with Gasteiger partial charge in [0.25, 0.3) is 5.91 Å². The Hall–Kier alpha value is -2.40. The van der Waals surface area contributed by atoms with E-state index in [1.807, 2.05) is 13.0 Å². The minimum absolute atomic E-state index is 0.125. The summed E-state index contributed by atoms with van der Waals surface area (Å²) in [6, 6.07) is 10.8. The number of nitrogens with one attached hydrogen (secondary N) is 1. The fourth-order valence-electron chi connectivity index (χ4n) is 1.90. The first-order chi connectivity index (χ1) is 11.0. The molecule has 0 radical (unpaired) electrons. The molecule has 120 valence electrons. The van der Waals surface area contributed by atoms with E-state index in [-0.39, 0.29) is 11.6 Å². The molecule has 0 aliphatic rings. The Kier molecular flexibility index (Phi) is 5.71. The Labute approximate surface area is 138 Å². The van der Waals surface area contributed by atoms with E-state index < -0.39 is 24.3 Å². The molecule has 1 amide bonds. The lowest BCUT2D eigenvalue weighted by Crippen LogP contribution is -2.28. The van der Waals surface area contributed by atoms with Gasteiger partial charge in [0.05, 0.1) is 5.56 Å². The standard InChI is InChI=1S/C17H15ClFNO3/c1-11-3-2-4-12(7-11)17(22)23-10-16(21)20-9-13-5-6-14(19)8-15(13)18/h2-8H,9-10H2,1H3,(H,20,21). The van der Waals surface area contributed by atoms with Gasteiger partial charge in [0.2, 0.25) is 0 Å². The van der Waals surface area contributed by atoms with Crippen LogP contribution >= 0.6 is 11.6 Å². The number of carbonyl (C=O) groups is 2. The van der Waals surface area contributed by atoms with Crippen LogP contribution in [0, 0.1) is 12.7 Å². The van der Waals surface area contributed by atoms with Gasteiger partial charge in [-0.3, -0.25) is 4.79 Å². The first kappa shape index (κ1) is 17.0. The third-order valence-electron chi connectivity index (χ3n) is 3.08. The van der Waals surface area contributed by atoms with E-state index in [0.29, 0.717) is 11.1 Å². The monoisotopic (exact) mass is 335 g/mol. The van der Waals surface area contributed by atoms with Gasteiger partial charge in [-0.15, -0.1) is 0 Å². The molecule has 23 heavy (non-hydrogen) atoms. The Balaban J connectivity index is 1.82. The molecule has 0 unspecified atom stereocenters. The molecule has 0 fully saturated rings. The largest absolute Gasteiger partial charge is 0.452 e. The number of hydrogen-bond donors (Lipinski definition) is 1. The highest BCUT2D eigenvalue weighted by Crippen LogP contribution is 2.16. The minimum Gasteiger partial charge on any atom is -0.452 e. The molecule has 6 heteroatoms. The summed E-state index contributed by atoms with van der Waals surface area (Å²) < 4.78 is 17.9. The van der Waals surface area contributed by atoms with Crippen LogP contribution in [0.1, 0.15) is 21.5 Å². The van der Waals surface area contributed by atoms with Crippen LogP contribution in [0.15, 0.2) is 42.5 Å². The van der Waals surface area contributed by atoms with Crippen molar-refractivity contribution in [3.05, 3.63) is 70.0 Å². The topological polar surface area (TPSA) is 55.4 Å². The third kappa shape index (κ3) is 5.07. The maximum absolute atomic E-state index is 12.9. The van der Waals surface area contributed by atoms with E-state index >= 15 is 0 Å². The van der Waals surface area contributed by atoms with Crippen LogP contribution in [0.25, 0.3) is 0 Å². The molecule has 0 heterocycles. The van der Waals surface area contributed by atoms with E-state index in [9.17, 15) is 14.0 Å². The maximum Gasteiger partial charge on any atom is 0.338 e. The zero-order chi connectivity index (χ0) is 16.8. The smallest absolute Gasteiger partial charge is 0.338 e. The van der Waals surface area contributed by atoms with Gasteiger partial charge in [-0.25, -0.2) is 9.18 Å². The van der Waals surface area contributed by atoms with Gasteiger partial charge in [-0.1, -0.05) is 35.4 Å². The molecule has 2 aromatic rings. The van der Waals surface area contributed by atoms with E-state index in [4.69, 9.17) is 16.3 Å². The lowest BCUT2D eigenvalue weighted by molar-refractivity contribution is -0.124. The highest BCUT2D eigenvalue weighted by molar-refractivity contribution is 6.31. The molecule has 0 bridgehead atoms. The molecule has 0 spiro atoms. The molecular weight excluding hydrogens is 321 g/mol. The molecule has 0 aliphatic heterocycles. The minimum atomic E-state index is -0.566. The Morgan fingerprint density at radius 1 is 1.22 bits per heavy atom. The van der Waals surface area contributed by atoms with Gasteiger partial charge in [0, 0.05) is 11.6 Å². The molecule has 0 saturated carbocycles. The van der Waals surface area contributed by atoms with Crippen LogP contribution in [0.5, 0.6) is 0 Å². The zero-order valence-electron chi connectivity index (χ0n) is 12.4. The fourth-order valence-corrected chi connectivity index (χ4v) is 2.13. The number of benzene rings is 2. The summed E-state index contributed by atoms with van der Waals surface area (Å²) in [7, 11) is 0. The van der Waals surface area contributed by atoms with Crippen LogP contribution in [0.2, 0.25) is 5.02 Å². The number of ether oxygens (including phenoxy) is 1.